The van der Waals surface area contributed by atoms with Crippen molar-refractivity contribution in [3.05, 3.63) is 84.4 Å². The Labute approximate surface area is 136 Å². The first kappa shape index (κ1) is 16.8. The Bertz CT molecular complexity index is 641. The van der Waals surface area contributed by atoms with Crippen LogP contribution in [0.4, 0.5) is 0 Å². The van der Waals surface area contributed by atoms with E-state index in [0.29, 0.717) is 17.5 Å². The van der Waals surface area contributed by atoms with Crippen molar-refractivity contribution < 1.29 is 9.59 Å². The maximum Gasteiger partial charge on any atom is 0.178 e. The zero-order chi connectivity index (χ0) is 16.9. The maximum absolute atomic E-state index is 13.1. The fraction of sp³-hybridized carbons (Fsp3) is 0.200. The Morgan fingerprint density at radius 3 is 1.74 bits per heavy atom. The van der Waals surface area contributed by atoms with Gasteiger partial charge in [0, 0.05) is 17.2 Å². The lowest BCUT2D eigenvalue weighted by molar-refractivity contribution is 0.0648. The fourth-order valence-electron chi connectivity index (χ4n) is 2.63. The van der Waals surface area contributed by atoms with Gasteiger partial charge in [0.05, 0.1) is 0 Å². The molecule has 0 aliphatic carbocycles. The van der Waals surface area contributed by atoms with Crippen LogP contribution in [0.5, 0.6) is 0 Å². The van der Waals surface area contributed by atoms with Crippen LogP contribution in [0.2, 0.25) is 0 Å². The van der Waals surface area contributed by atoms with Crippen molar-refractivity contribution in [3.8, 4) is 0 Å². The molecule has 2 rings (SSSR count). The highest BCUT2D eigenvalue weighted by molar-refractivity contribution is 6.20. The topological polar surface area (TPSA) is 60.2 Å². The molecular formula is C20H21NO2. The number of hydrogen-bond donors (Lipinski definition) is 1. The van der Waals surface area contributed by atoms with Crippen molar-refractivity contribution >= 4 is 11.6 Å². The molecule has 1 unspecified atom stereocenters. The van der Waals surface area contributed by atoms with Gasteiger partial charge in [0.1, 0.15) is 5.41 Å². The number of carbonyl (C=O) groups is 2. The Balaban J connectivity index is 2.50. The molecule has 118 valence electrons. The summed E-state index contributed by atoms with van der Waals surface area (Å²) < 4.78 is 0. The summed E-state index contributed by atoms with van der Waals surface area (Å²) in [6.45, 7) is 5.31. The lowest BCUT2D eigenvalue weighted by atomic mass is 9.70. The third-order valence-electron chi connectivity index (χ3n) is 4.18. The van der Waals surface area contributed by atoms with Gasteiger partial charge < -0.3 is 5.73 Å². The molecule has 0 amide bonds. The summed E-state index contributed by atoms with van der Waals surface area (Å²) in [6, 6.07) is 17.0. The molecule has 23 heavy (non-hydrogen) atoms. The van der Waals surface area contributed by atoms with E-state index in [2.05, 4.69) is 6.58 Å². The minimum absolute atomic E-state index is 0.263. The Hall–Kier alpha value is -2.52. The molecule has 2 aromatic rings. The summed E-state index contributed by atoms with van der Waals surface area (Å²) in [4.78, 5) is 26.1. The monoisotopic (exact) mass is 307 g/mol. The van der Waals surface area contributed by atoms with Gasteiger partial charge in [-0.1, -0.05) is 66.7 Å². The van der Waals surface area contributed by atoms with E-state index in [9.17, 15) is 9.59 Å². The molecule has 2 aromatic carbocycles. The Kier molecular flexibility index (Phi) is 5.24. The normalized spacial score (nSPS) is 12.4. The SMILES string of the molecule is C=CCC(N)C(C)(C(=O)c1ccccc1)C(=O)c1ccccc1. The van der Waals surface area contributed by atoms with Gasteiger partial charge in [-0.15, -0.1) is 6.58 Å². The van der Waals surface area contributed by atoms with Crippen molar-refractivity contribution in [1.29, 1.82) is 0 Å². The van der Waals surface area contributed by atoms with Crippen molar-refractivity contribution in [1.82, 2.24) is 0 Å². The number of nitrogens with two attached hydrogens (primary N) is 1. The molecule has 3 nitrogen and oxygen atoms in total. The van der Waals surface area contributed by atoms with E-state index < -0.39 is 11.5 Å². The number of benzene rings is 2. The van der Waals surface area contributed by atoms with Gasteiger partial charge in [-0.2, -0.15) is 0 Å². The van der Waals surface area contributed by atoms with E-state index in [4.69, 9.17) is 5.73 Å². The summed E-state index contributed by atoms with van der Waals surface area (Å²) in [6.07, 6.45) is 2.02. The minimum Gasteiger partial charge on any atom is -0.326 e. The first-order valence-corrected chi connectivity index (χ1v) is 7.58. The number of Topliss-reactive ketones (excluding diaryl/α,β-unsaturated/α-hetero) is 2. The molecule has 0 spiro atoms. The van der Waals surface area contributed by atoms with Crippen LogP contribution in [0.25, 0.3) is 0 Å². The molecule has 0 bridgehead atoms. The molecule has 0 aromatic heterocycles. The minimum atomic E-state index is -1.34. The van der Waals surface area contributed by atoms with Crippen LogP contribution in [-0.4, -0.2) is 17.6 Å². The number of carbonyl (C=O) groups excluding carboxylic acids is 2. The highest BCUT2D eigenvalue weighted by Gasteiger charge is 2.46. The molecule has 0 radical (unpaired) electrons. The van der Waals surface area contributed by atoms with E-state index in [-0.39, 0.29) is 11.6 Å². The molecule has 0 saturated heterocycles. The molecule has 3 heteroatoms. The van der Waals surface area contributed by atoms with Crippen molar-refractivity contribution in [2.75, 3.05) is 0 Å². The van der Waals surface area contributed by atoms with Crippen molar-refractivity contribution in [2.24, 2.45) is 11.1 Å². The first-order valence-electron chi connectivity index (χ1n) is 7.58. The van der Waals surface area contributed by atoms with Gasteiger partial charge in [0.2, 0.25) is 0 Å². The quantitative estimate of drug-likeness (QED) is 0.482. The number of ketones is 2. The highest BCUT2D eigenvalue weighted by Crippen LogP contribution is 2.32. The second kappa shape index (κ2) is 7.16. The molecule has 1 atom stereocenters. The van der Waals surface area contributed by atoms with Gasteiger partial charge in [-0.05, 0) is 13.3 Å². The van der Waals surface area contributed by atoms with E-state index in [1.807, 2.05) is 12.1 Å². The smallest absolute Gasteiger partial charge is 0.178 e. The first-order chi connectivity index (χ1) is 11.0. The molecular weight excluding hydrogens is 286 g/mol. The second-order valence-corrected chi connectivity index (χ2v) is 5.72. The van der Waals surface area contributed by atoms with Crippen LogP contribution in [0.3, 0.4) is 0 Å². The predicted octanol–water partition coefficient (Wildman–Crippen LogP) is 3.66. The van der Waals surface area contributed by atoms with Crippen LogP contribution in [-0.2, 0) is 0 Å². The maximum atomic E-state index is 13.1. The standard InChI is InChI=1S/C20H21NO2/c1-3-10-17(21)20(2,18(22)15-11-6-4-7-12-15)19(23)16-13-8-5-9-14-16/h3-9,11-14,17H,1,10,21H2,2H3. The molecule has 0 fully saturated rings. The zero-order valence-electron chi connectivity index (χ0n) is 13.2. The van der Waals surface area contributed by atoms with E-state index in [1.54, 1.807) is 61.5 Å². The Morgan fingerprint density at radius 2 is 1.39 bits per heavy atom. The van der Waals surface area contributed by atoms with Crippen LogP contribution in [0.15, 0.2) is 73.3 Å². The lowest BCUT2D eigenvalue weighted by Gasteiger charge is -2.32. The van der Waals surface area contributed by atoms with Gasteiger partial charge in [-0.25, -0.2) is 0 Å². The van der Waals surface area contributed by atoms with Crippen molar-refractivity contribution in [2.45, 2.75) is 19.4 Å². The van der Waals surface area contributed by atoms with Crippen LogP contribution >= 0.6 is 0 Å². The summed E-state index contributed by atoms with van der Waals surface area (Å²) in [5.41, 5.74) is 5.86. The average Bonchev–Trinajstić information content (AvgIpc) is 2.61. The zero-order valence-corrected chi connectivity index (χ0v) is 13.2. The summed E-state index contributed by atoms with van der Waals surface area (Å²) >= 11 is 0. The largest absolute Gasteiger partial charge is 0.326 e. The predicted molar refractivity (Wildman–Crippen MR) is 92.4 cm³/mol. The molecule has 0 saturated carbocycles. The molecule has 0 aliphatic heterocycles. The van der Waals surface area contributed by atoms with Gasteiger partial charge in [0.25, 0.3) is 0 Å². The molecule has 0 heterocycles. The van der Waals surface area contributed by atoms with E-state index >= 15 is 0 Å². The summed E-state index contributed by atoms with van der Waals surface area (Å²) in [5.74, 6) is -0.525. The second-order valence-electron chi connectivity index (χ2n) is 5.72. The van der Waals surface area contributed by atoms with Crippen LogP contribution in [0, 0.1) is 5.41 Å². The van der Waals surface area contributed by atoms with Crippen LogP contribution in [0.1, 0.15) is 34.1 Å². The lowest BCUT2D eigenvalue weighted by Crippen LogP contribution is -2.51. The summed E-state index contributed by atoms with van der Waals surface area (Å²) in [7, 11) is 0. The fourth-order valence-corrected chi connectivity index (χ4v) is 2.63. The molecule has 2 N–H and O–H groups in total. The highest BCUT2D eigenvalue weighted by atomic mass is 16.2. The number of hydrogen-bond acceptors (Lipinski definition) is 3. The van der Waals surface area contributed by atoms with Crippen molar-refractivity contribution in [3.63, 3.8) is 0 Å². The van der Waals surface area contributed by atoms with Gasteiger partial charge in [0.15, 0.2) is 11.6 Å². The van der Waals surface area contributed by atoms with Gasteiger partial charge >= 0.3 is 0 Å². The third kappa shape index (κ3) is 3.30. The van der Waals surface area contributed by atoms with E-state index in [1.165, 1.54) is 0 Å². The molecule has 0 aliphatic rings. The summed E-state index contributed by atoms with van der Waals surface area (Å²) in [5, 5.41) is 0. The van der Waals surface area contributed by atoms with E-state index in [0.717, 1.165) is 0 Å². The number of rotatable bonds is 7. The third-order valence-corrected chi connectivity index (χ3v) is 4.18. The Morgan fingerprint density at radius 1 is 1.00 bits per heavy atom. The van der Waals surface area contributed by atoms with Crippen LogP contribution < -0.4 is 5.73 Å². The average molecular weight is 307 g/mol. The van der Waals surface area contributed by atoms with Gasteiger partial charge in [-0.3, -0.25) is 9.59 Å².